The number of phenolic OH excluding ortho intramolecular Hbond substituents is 1. The van der Waals surface area contributed by atoms with Crippen LogP contribution in [0.25, 0.3) is 0 Å². The van der Waals surface area contributed by atoms with Crippen LogP contribution >= 0.6 is 0 Å². The summed E-state index contributed by atoms with van der Waals surface area (Å²) in [6.45, 7) is 1.22. The lowest BCUT2D eigenvalue weighted by Crippen LogP contribution is -2.35. The van der Waals surface area contributed by atoms with Gasteiger partial charge in [-0.1, -0.05) is 30.3 Å². The minimum absolute atomic E-state index is 0.0505. The molecular formula is C16H15NO2. The van der Waals surface area contributed by atoms with E-state index in [0.29, 0.717) is 30.8 Å². The maximum absolute atomic E-state index is 12.4. The molecule has 2 aromatic rings. The van der Waals surface area contributed by atoms with Crippen molar-refractivity contribution in [3.63, 3.8) is 0 Å². The van der Waals surface area contributed by atoms with E-state index in [1.807, 2.05) is 47.4 Å². The highest BCUT2D eigenvalue weighted by atomic mass is 16.3. The highest BCUT2D eigenvalue weighted by molar-refractivity contribution is 5.94. The number of rotatable bonds is 1. The Morgan fingerprint density at radius 2 is 1.84 bits per heavy atom. The van der Waals surface area contributed by atoms with Crippen molar-refractivity contribution in [1.29, 1.82) is 0 Å². The first-order valence-electron chi connectivity index (χ1n) is 6.40. The predicted octanol–water partition coefficient (Wildman–Crippen LogP) is 2.59. The van der Waals surface area contributed by atoms with Gasteiger partial charge in [0.05, 0.1) is 0 Å². The normalized spacial score (nSPS) is 14.0. The van der Waals surface area contributed by atoms with Crippen molar-refractivity contribution >= 4 is 5.91 Å². The standard InChI is InChI=1S/C16H15NO2/c18-15-8-4-7-13-11-17(10-9-14(13)15)16(19)12-5-2-1-3-6-12/h1-8,18H,9-11H2. The lowest BCUT2D eigenvalue weighted by molar-refractivity contribution is 0.0734. The molecule has 0 saturated carbocycles. The van der Waals surface area contributed by atoms with E-state index in [2.05, 4.69) is 0 Å². The second-order valence-corrected chi connectivity index (χ2v) is 4.76. The highest BCUT2D eigenvalue weighted by Gasteiger charge is 2.22. The molecule has 0 fully saturated rings. The Kier molecular flexibility index (Phi) is 2.95. The smallest absolute Gasteiger partial charge is 0.254 e. The van der Waals surface area contributed by atoms with E-state index >= 15 is 0 Å². The van der Waals surface area contributed by atoms with E-state index in [4.69, 9.17) is 0 Å². The third-order valence-electron chi connectivity index (χ3n) is 3.55. The van der Waals surface area contributed by atoms with Crippen molar-refractivity contribution in [2.45, 2.75) is 13.0 Å². The molecule has 1 aliphatic heterocycles. The molecule has 0 unspecified atom stereocenters. The van der Waals surface area contributed by atoms with E-state index in [9.17, 15) is 9.90 Å². The zero-order chi connectivity index (χ0) is 13.2. The third kappa shape index (κ3) is 2.19. The van der Waals surface area contributed by atoms with E-state index in [1.54, 1.807) is 6.07 Å². The van der Waals surface area contributed by atoms with Crippen LogP contribution in [0.4, 0.5) is 0 Å². The van der Waals surface area contributed by atoms with Gasteiger partial charge in [-0.2, -0.15) is 0 Å². The van der Waals surface area contributed by atoms with E-state index in [-0.39, 0.29) is 5.91 Å². The van der Waals surface area contributed by atoms with E-state index < -0.39 is 0 Å². The van der Waals surface area contributed by atoms with Gasteiger partial charge in [0.1, 0.15) is 5.75 Å². The van der Waals surface area contributed by atoms with Gasteiger partial charge in [0.25, 0.3) is 5.91 Å². The van der Waals surface area contributed by atoms with Crippen molar-refractivity contribution in [2.75, 3.05) is 6.54 Å². The number of aromatic hydroxyl groups is 1. The van der Waals surface area contributed by atoms with Crippen LogP contribution in [0.1, 0.15) is 21.5 Å². The minimum Gasteiger partial charge on any atom is -0.508 e. The summed E-state index contributed by atoms with van der Waals surface area (Å²) >= 11 is 0. The molecule has 3 nitrogen and oxygen atoms in total. The molecule has 1 aliphatic rings. The lowest BCUT2D eigenvalue weighted by atomic mass is 9.98. The second-order valence-electron chi connectivity index (χ2n) is 4.76. The Morgan fingerprint density at radius 1 is 1.05 bits per heavy atom. The first-order chi connectivity index (χ1) is 9.25. The zero-order valence-corrected chi connectivity index (χ0v) is 10.5. The van der Waals surface area contributed by atoms with Crippen LogP contribution in [0.3, 0.4) is 0 Å². The largest absolute Gasteiger partial charge is 0.508 e. The molecule has 0 saturated heterocycles. The number of hydrogen-bond donors (Lipinski definition) is 1. The number of phenols is 1. The fourth-order valence-electron chi connectivity index (χ4n) is 2.53. The summed E-state index contributed by atoms with van der Waals surface area (Å²) in [5, 5.41) is 9.79. The molecule has 1 N–H and O–H groups in total. The van der Waals surface area contributed by atoms with Crippen molar-refractivity contribution in [2.24, 2.45) is 0 Å². The van der Waals surface area contributed by atoms with Gasteiger partial charge in [-0.05, 0) is 30.2 Å². The van der Waals surface area contributed by atoms with E-state index in [1.165, 1.54) is 0 Å². The van der Waals surface area contributed by atoms with Gasteiger partial charge in [-0.25, -0.2) is 0 Å². The minimum atomic E-state index is 0.0505. The molecule has 0 aromatic heterocycles. The van der Waals surface area contributed by atoms with Gasteiger partial charge in [-0.3, -0.25) is 4.79 Å². The molecule has 19 heavy (non-hydrogen) atoms. The number of amides is 1. The molecule has 0 radical (unpaired) electrons. The molecule has 0 bridgehead atoms. The van der Waals surface area contributed by atoms with Crippen LogP contribution in [-0.2, 0) is 13.0 Å². The molecule has 1 amide bonds. The Morgan fingerprint density at radius 3 is 2.63 bits per heavy atom. The van der Waals surface area contributed by atoms with Crippen LogP contribution in [0, 0.1) is 0 Å². The van der Waals surface area contributed by atoms with Crippen LogP contribution in [0.2, 0.25) is 0 Å². The maximum atomic E-state index is 12.4. The van der Waals surface area contributed by atoms with Gasteiger partial charge < -0.3 is 10.0 Å². The monoisotopic (exact) mass is 253 g/mol. The molecular weight excluding hydrogens is 238 g/mol. The van der Waals surface area contributed by atoms with Crippen LogP contribution in [0.15, 0.2) is 48.5 Å². The second kappa shape index (κ2) is 4.76. The molecule has 0 spiro atoms. The zero-order valence-electron chi connectivity index (χ0n) is 10.5. The van der Waals surface area contributed by atoms with Gasteiger partial charge in [0.15, 0.2) is 0 Å². The van der Waals surface area contributed by atoms with E-state index in [0.717, 1.165) is 11.1 Å². The molecule has 0 aliphatic carbocycles. The van der Waals surface area contributed by atoms with Gasteiger partial charge >= 0.3 is 0 Å². The fourth-order valence-corrected chi connectivity index (χ4v) is 2.53. The van der Waals surface area contributed by atoms with Crippen molar-refractivity contribution in [3.8, 4) is 5.75 Å². The van der Waals surface area contributed by atoms with Crippen molar-refractivity contribution < 1.29 is 9.90 Å². The quantitative estimate of drug-likeness (QED) is 0.848. The van der Waals surface area contributed by atoms with Crippen molar-refractivity contribution in [1.82, 2.24) is 4.90 Å². The number of nitrogens with zero attached hydrogens (tertiary/aromatic N) is 1. The maximum Gasteiger partial charge on any atom is 0.254 e. The molecule has 2 aromatic carbocycles. The summed E-state index contributed by atoms with van der Waals surface area (Å²) in [6.07, 6.45) is 0.709. The molecule has 0 atom stereocenters. The van der Waals surface area contributed by atoms with Crippen LogP contribution < -0.4 is 0 Å². The Labute approximate surface area is 112 Å². The molecule has 3 heteroatoms. The fraction of sp³-hybridized carbons (Fsp3) is 0.188. The summed E-state index contributed by atoms with van der Waals surface area (Å²) < 4.78 is 0. The van der Waals surface area contributed by atoms with Gasteiger partial charge in [0.2, 0.25) is 0 Å². The first-order valence-corrected chi connectivity index (χ1v) is 6.40. The van der Waals surface area contributed by atoms with Gasteiger partial charge in [0, 0.05) is 24.2 Å². The Bertz CT molecular complexity index is 607. The number of benzene rings is 2. The average molecular weight is 253 g/mol. The lowest BCUT2D eigenvalue weighted by Gasteiger charge is -2.29. The van der Waals surface area contributed by atoms with Crippen molar-refractivity contribution in [3.05, 3.63) is 65.2 Å². The molecule has 96 valence electrons. The Balaban J connectivity index is 1.85. The summed E-state index contributed by atoms with van der Waals surface area (Å²) in [7, 11) is 0. The summed E-state index contributed by atoms with van der Waals surface area (Å²) in [5.41, 5.74) is 2.72. The highest BCUT2D eigenvalue weighted by Crippen LogP contribution is 2.27. The predicted molar refractivity (Wildman–Crippen MR) is 73.0 cm³/mol. The number of hydrogen-bond acceptors (Lipinski definition) is 2. The third-order valence-corrected chi connectivity index (χ3v) is 3.55. The Hall–Kier alpha value is -2.29. The van der Waals surface area contributed by atoms with Crippen LogP contribution in [-0.4, -0.2) is 22.5 Å². The number of carbonyl (C=O) groups is 1. The summed E-state index contributed by atoms with van der Waals surface area (Å²) in [4.78, 5) is 14.2. The topological polar surface area (TPSA) is 40.5 Å². The SMILES string of the molecule is O=C(c1ccccc1)N1CCc2c(O)cccc2C1. The molecule has 3 rings (SSSR count). The first kappa shape index (κ1) is 11.8. The molecule has 1 heterocycles. The number of fused-ring (bicyclic) bond motifs is 1. The number of carbonyl (C=O) groups excluding carboxylic acids is 1. The average Bonchev–Trinajstić information content (AvgIpc) is 2.47. The summed E-state index contributed by atoms with van der Waals surface area (Å²) in [5.74, 6) is 0.388. The van der Waals surface area contributed by atoms with Gasteiger partial charge in [-0.15, -0.1) is 0 Å². The van der Waals surface area contributed by atoms with Crippen LogP contribution in [0.5, 0.6) is 5.75 Å². The summed E-state index contributed by atoms with van der Waals surface area (Å²) in [6, 6.07) is 14.8.